The average Bonchev–Trinajstić information content (AvgIpc) is 2.29. The molecule has 0 aliphatic carbocycles. The van der Waals surface area contributed by atoms with Crippen molar-refractivity contribution in [2.75, 3.05) is 14.2 Å². The standard InChI is InChI=1S/C10H10ClNO4/c1-15-9(13)8(10(14)16-2)12-5-3-4-7(11)6-12/h3-6H,1-2H3. The maximum absolute atomic E-state index is 11.4. The largest absolute Gasteiger partial charge is 0.612 e. The van der Waals surface area contributed by atoms with Gasteiger partial charge in [0, 0.05) is 6.07 Å². The molecule has 0 spiro atoms. The Bertz CT molecular complexity index is 431. The van der Waals surface area contributed by atoms with Crippen LogP contribution >= 0.6 is 11.6 Å². The zero-order chi connectivity index (χ0) is 12.1. The molecule has 6 heteroatoms. The molecule has 5 nitrogen and oxygen atoms in total. The first kappa shape index (κ1) is 12.3. The zero-order valence-corrected chi connectivity index (χ0v) is 9.52. The Morgan fingerprint density at radius 1 is 1.44 bits per heavy atom. The van der Waals surface area contributed by atoms with Crippen LogP contribution in [0.2, 0.25) is 5.02 Å². The summed E-state index contributed by atoms with van der Waals surface area (Å²) in [5.41, 5.74) is -0.257. The first-order valence-electron chi connectivity index (χ1n) is 4.31. The molecule has 1 aromatic rings. The topological polar surface area (TPSA) is 62.5 Å². The summed E-state index contributed by atoms with van der Waals surface area (Å²) < 4.78 is 10.2. The van der Waals surface area contributed by atoms with Gasteiger partial charge in [0.15, 0.2) is 12.4 Å². The molecular weight excluding hydrogens is 234 g/mol. The lowest BCUT2D eigenvalue weighted by Gasteiger charge is -2.10. The molecule has 0 radical (unpaired) electrons. The quantitative estimate of drug-likeness (QED) is 0.323. The number of esters is 1. The van der Waals surface area contributed by atoms with Gasteiger partial charge in [-0.1, -0.05) is 11.6 Å². The van der Waals surface area contributed by atoms with Crippen molar-refractivity contribution in [3.63, 3.8) is 0 Å². The number of rotatable bonds is 3. The van der Waals surface area contributed by atoms with E-state index in [1.807, 2.05) is 0 Å². The molecule has 86 valence electrons. The summed E-state index contributed by atoms with van der Waals surface area (Å²) in [5, 5.41) is 11.8. The third-order valence-electron chi connectivity index (χ3n) is 1.78. The van der Waals surface area contributed by atoms with Crippen LogP contribution in [0, 0.1) is 0 Å². The molecule has 1 heterocycles. The van der Waals surface area contributed by atoms with Crippen LogP contribution in [-0.4, -0.2) is 20.2 Å². The van der Waals surface area contributed by atoms with E-state index in [0.717, 1.165) is 0 Å². The van der Waals surface area contributed by atoms with Crippen molar-refractivity contribution in [2.45, 2.75) is 0 Å². The smallest absolute Gasteiger partial charge is 0.405 e. The Hall–Kier alpha value is -1.75. The van der Waals surface area contributed by atoms with Gasteiger partial charge in [-0.15, -0.1) is 0 Å². The third kappa shape index (κ3) is 2.64. The van der Waals surface area contributed by atoms with Crippen LogP contribution in [-0.2, 0) is 14.3 Å². The van der Waals surface area contributed by atoms with E-state index in [9.17, 15) is 9.90 Å². The van der Waals surface area contributed by atoms with Gasteiger partial charge in [0.1, 0.15) is 11.0 Å². The predicted octanol–water partition coefficient (Wildman–Crippen LogP) is -0.0667. The molecule has 0 amide bonds. The number of ether oxygens (including phenoxy) is 2. The molecule has 0 N–H and O–H groups in total. The van der Waals surface area contributed by atoms with E-state index in [1.54, 1.807) is 12.1 Å². The van der Waals surface area contributed by atoms with E-state index in [1.165, 1.54) is 31.2 Å². The maximum Gasteiger partial charge on any atom is 0.405 e. The first-order chi connectivity index (χ1) is 7.60. The highest BCUT2D eigenvalue weighted by Gasteiger charge is 2.23. The molecular formula is C10H10ClNO4. The molecule has 0 bridgehead atoms. The van der Waals surface area contributed by atoms with E-state index >= 15 is 0 Å². The van der Waals surface area contributed by atoms with Crippen LogP contribution in [0.3, 0.4) is 0 Å². The maximum atomic E-state index is 11.4. The number of carbonyl (C=O) groups excluding carboxylic acids is 1. The second kappa shape index (κ2) is 5.37. The first-order valence-corrected chi connectivity index (χ1v) is 4.68. The van der Waals surface area contributed by atoms with E-state index in [2.05, 4.69) is 9.47 Å². The number of hydrogen-bond donors (Lipinski definition) is 0. The second-order valence-corrected chi connectivity index (χ2v) is 3.20. The van der Waals surface area contributed by atoms with E-state index in [4.69, 9.17) is 11.6 Å². The fourth-order valence-electron chi connectivity index (χ4n) is 1.07. The molecule has 0 saturated carbocycles. The molecule has 0 aliphatic heterocycles. The van der Waals surface area contributed by atoms with Crippen LogP contribution in [0.1, 0.15) is 0 Å². The molecule has 0 aromatic carbocycles. The Morgan fingerprint density at radius 2 is 2.12 bits per heavy atom. The van der Waals surface area contributed by atoms with Crippen molar-refractivity contribution in [3.8, 4) is 0 Å². The monoisotopic (exact) mass is 243 g/mol. The summed E-state index contributed by atoms with van der Waals surface area (Å²) in [6.07, 6.45) is 2.90. The number of methoxy groups -OCH3 is 2. The van der Waals surface area contributed by atoms with Crippen LogP contribution in [0.15, 0.2) is 30.5 Å². The van der Waals surface area contributed by atoms with Gasteiger partial charge in [-0.05, 0) is 13.2 Å². The number of halogens is 1. The van der Waals surface area contributed by atoms with Gasteiger partial charge in [0.2, 0.25) is 0 Å². The highest BCUT2D eigenvalue weighted by atomic mass is 35.5. The fraction of sp³-hybridized carbons (Fsp3) is 0.200. The van der Waals surface area contributed by atoms with Crippen molar-refractivity contribution in [1.29, 1.82) is 0 Å². The highest BCUT2D eigenvalue weighted by molar-refractivity contribution is 6.30. The van der Waals surface area contributed by atoms with Crippen LogP contribution < -0.4 is 9.67 Å². The average molecular weight is 244 g/mol. The van der Waals surface area contributed by atoms with Crippen molar-refractivity contribution < 1.29 is 23.9 Å². The van der Waals surface area contributed by atoms with Gasteiger partial charge in [-0.25, -0.2) is 4.79 Å². The minimum atomic E-state index is -0.792. The van der Waals surface area contributed by atoms with Crippen LogP contribution in [0.4, 0.5) is 0 Å². The van der Waals surface area contributed by atoms with Gasteiger partial charge < -0.3 is 14.6 Å². The molecule has 0 fully saturated rings. The van der Waals surface area contributed by atoms with Gasteiger partial charge in [0.25, 0.3) is 0 Å². The molecule has 0 aliphatic rings. The van der Waals surface area contributed by atoms with Crippen LogP contribution in [0.25, 0.3) is 5.70 Å². The second-order valence-electron chi connectivity index (χ2n) is 2.76. The van der Waals surface area contributed by atoms with Crippen molar-refractivity contribution >= 4 is 23.3 Å². The number of carbonyl (C=O) groups is 1. The Morgan fingerprint density at radius 3 is 2.62 bits per heavy atom. The fourth-order valence-corrected chi connectivity index (χ4v) is 1.25. The van der Waals surface area contributed by atoms with Crippen molar-refractivity contribution in [2.24, 2.45) is 0 Å². The number of aromatic nitrogens is 1. The lowest BCUT2D eigenvalue weighted by molar-refractivity contribution is -0.585. The highest BCUT2D eigenvalue weighted by Crippen LogP contribution is 2.06. The minimum absolute atomic E-state index is 0.257. The van der Waals surface area contributed by atoms with E-state index in [-0.39, 0.29) is 5.70 Å². The lowest BCUT2D eigenvalue weighted by atomic mass is 10.4. The van der Waals surface area contributed by atoms with Crippen molar-refractivity contribution in [1.82, 2.24) is 0 Å². The molecule has 16 heavy (non-hydrogen) atoms. The molecule has 0 saturated heterocycles. The van der Waals surface area contributed by atoms with Crippen LogP contribution in [0.5, 0.6) is 0 Å². The summed E-state index contributed by atoms with van der Waals surface area (Å²) >= 11 is 5.75. The van der Waals surface area contributed by atoms with E-state index in [0.29, 0.717) is 5.02 Å². The van der Waals surface area contributed by atoms with Gasteiger partial charge in [-0.3, -0.25) is 0 Å². The lowest BCUT2D eigenvalue weighted by Crippen LogP contribution is -2.39. The van der Waals surface area contributed by atoms with Gasteiger partial charge in [0.05, 0.1) is 7.11 Å². The molecule has 0 atom stereocenters. The summed E-state index contributed by atoms with van der Waals surface area (Å²) in [6, 6.07) is 3.21. The Kier molecular flexibility index (Phi) is 4.13. The number of nitrogens with zero attached hydrogens (tertiary/aromatic N) is 1. The molecule has 0 unspecified atom stereocenters. The third-order valence-corrected chi connectivity index (χ3v) is 2.00. The normalized spacial score (nSPS) is 11.7. The molecule has 1 rings (SSSR count). The summed E-state index contributed by atoms with van der Waals surface area (Å²) in [5.74, 6) is -1.58. The molecule has 1 aromatic heterocycles. The SMILES string of the molecule is COC(=O)/C(=C(\[O-])OC)[n+]1cccc(Cl)c1. The van der Waals surface area contributed by atoms with Gasteiger partial charge in [-0.2, -0.15) is 4.57 Å². The minimum Gasteiger partial charge on any atom is -0.612 e. The zero-order valence-electron chi connectivity index (χ0n) is 8.77. The number of hydrogen-bond acceptors (Lipinski definition) is 4. The predicted molar refractivity (Wildman–Crippen MR) is 53.9 cm³/mol. The summed E-state index contributed by atoms with van der Waals surface area (Å²) in [7, 11) is 2.35. The van der Waals surface area contributed by atoms with Crippen molar-refractivity contribution in [3.05, 3.63) is 35.5 Å². The number of pyridine rings is 1. The van der Waals surface area contributed by atoms with E-state index < -0.39 is 11.9 Å². The van der Waals surface area contributed by atoms with Gasteiger partial charge >= 0.3 is 11.7 Å². The summed E-state index contributed by atoms with van der Waals surface area (Å²) in [6.45, 7) is 0. The summed E-state index contributed by atoms with van der Waals surface area (Å²) in [4.78, 5) is 11.4. The Balaban J connectivity index is 3.28. The Labute approximate surface area is 97.5 Å².